The first kappa shape index (κ1) is 16.9. The minimum Gasteiger partial charge on any atom is -0.352 e. The molecule has 8 heteroatoms. The SMILES string of the molecule is CC(=O)NCc1cnc(C)nc1[C@@H]1CCCN1C(=O)c1cccnn1. The number of aromatic nitrogens is 4. The van der Waals surface area contributed by atoms with E-state index >= 15 is 0 Å². The average molecular weight is 340 g/mol. The van der Waals surface area contributed by atoms with E-state index < -0.39 is 0 Å². The van der Waals surface area contributed by atoms with Gasteiger partial charge in [0.2, 0.25) is 5.91 Å². The van der Waals surface area contributed by atoms with Gasteiger partial charge in [-0.3, -0.25) is 9.59 Å². The second kappa shape index (κ2) is 7.33. The van der Waals surface area contributed by atoms with Crippen molar-refractivity contribution in [1.82, 2.24) is 30.4 Å². The highest BCUT2D eigenvalue weighted by molar-refractivity contribution is 5.92. The number of hydrogen-bond donors (Lipinski definition) is 1. The molecule has 0 radical (unpaired) electrons. The quantitative estimate of drug-likeness (QED) is 0.897. The maximum absolute atomic E-state index is 12.8. The van der Waals surface area contributed by atoms with Crippen molar-refractivity contribution < 1.29 is 9.59 Å². The fourth-order valence-electron chi connectivity index (χ4n) is 3.01. The first-order chi connectivity index (χ1) is 12.1. The molecule has 1 fully saturated rings. The number of carbonyl (C=O) groups is 2. The van der Waals surface area contributed by atoms with E-state index in [0.717, 1.165) is 24.1 Å². The van der Waals surface area contributed by atoms with Crippen molar-refractivity contribution in [2.75, 3.05) is 6.54 Å². The van der Waals surface area contributed by atoms with Gasteiger partial charge in [-0.25, -0.2) is 9.97 Å². The topological polar surface area (TPSA) is 101 Å². The molecule has 1 aliphatic rings. The van der Waals surface area contributed by atoms with Gasteiger partial charge < -0.3 is 10.2 Å². The fourth-order valence-corrected chi connectivity index (χ4v) is 3.01. The number of rotatable bonds is 4. The van der Waals surface area contributed by atoms with Crippen molar-refractivity contribution in [1.29, 1.82) is 0 Å². The first-order valence-electron chi connectivity index (χ1n) is 8.22. The van der Waals surface area contributed by atoms with Crippen molar-refractivity contribution in [2.24, 2.45) is 0 Å². The third kappa shape index (κ3) is 3.78. The fraction of sp³-hybridized carbons (Fsp3) is 0.412. The van der Waals surface area contributed by atoms with Gasteiger partial charge in [-0.15, -0.1) is 5.10 Å². The van der Waals surface area contributed by atoms with Gasteiger partial charge >= 0.3 is 0 Å². The minimum atomic E-state index is -0.155. The molecule has 0 aromatic carbocycles. The molecule has 3 rings (SSSR count). The van der Waals surface area contributed by atoms with E-state index in [2.05, 4.69) is 25.5 Å². The Balaban J connectivity index is 1.90. The van der Waals surface area contributed by atoms with Crippen LogP contribution in [0.25, 0.3) is 0 Å². The second-order valence-electron chi connectivity index (χ2n) is 6.00. The van der Waals surface area contributed by atoms with Crippen molar-refractivity contribution in [2.45, 2.75) is 39.3 Å². The largest absolute Gasteiger partial charge is 0.352 e. The molecule has 1 atom stereocenters. The molecule has 2 amide bonds. The lowest BCUT2D eigenvalue weighted by atomic mass is 10.1. The van der Waals surface area contributed by atoms with Gasteiger partial charge in [0.05, 0.1) is 11.7 Å². The molecule has 0 spiro atoms. The van der Waals surface area contributed by atoms with Crippen LogP contribution in [0.2, 0.25) is 0 Å². The third-order valence-electron chi connectivity index (χ3n) is 4.17. The van der Waals surface area contributed by atoms with Gasteiger partial charge in [0.15, 0.2) is 5.69 Å². The molecule has 2 aromatic heterocycles. The lowest BCUT2D eigenvalue weighted by Crippen LogP contribution is -2.33. The van der Waals surface area contributed by atoms with Gasteiger partial charge in [-0.1, -0.05) is 0 Å². The Labute approximate surface area is 145 Å². The molecule has 2 aromatic rings. The summed E-state index contributed by atoms with van der Waals surface area (Å²) in [7, 11) is 0. The molecule has 1 saturated heterocycles. The van der Waals surface area contributed by atoms with Gasteiger partial charge in [-0.05, 0) is 31.9 Å². The Hall–Kier alpha value is -2.90. The highest BCUT2D eigenvalue weighted by Crippen LogP contribution is 2.33. The van der Waals surface area contributed by atoms with Crippen LogP contribution in [-0.2, 0) is 11.3 Å². The van der Waals surface area contributed by atoms with E-state index in [9.17, 15) is 9.59 Å². The molecule has 0 unspecified atom stereocenters. The number of likely N-dealkylation sites (tertiary alicyclic amines) is 1. The number of nitrogens with one attached hydrogen (secondary N) is 1. The summed E-state index contributed by atoms with van der Waals surface area (Å²) in [5.41, 5.74) is 1.93. The number of amides is 2. The van der Waals surface area contributed by atoms with Gasteiger partial charge in [0.25, 0.3) is 5.91 Å². The summed E-state index contributed by atoms with van der Waals surface area (Å²) in [4.78, 5) is 34.6. The Morgan fingerprint density at radius 2 is 2.24 bits per heavy atom. The van der Waals surface area contributed by atoms with Crippen LogP contribution in [0.1, 0.15) is 53.4 Å². The normalized spacial score (nSPS) is 16.7. The zero-order valence-electron chi connectivity index (χ0n) is 14.3. The Morgan fingerprint density at radius 3 is 2.96 bits per heavy atom. The first-order valence-corrected chi connectivity index (χ1v) is 8.22. The molecule has 1 N–H and O–H groups in total. The van der Waals surface area contributed by atoms with Gasteiger partial charge in [-0.2, -0.15) is 5.10 Å². The van der Waals surface area contributed by atoms with Crippen LogP contribution in [0.3, 0.4) is 0 Å². The second-order valence-corrected chi connectivity index (χ2v) is 6.00. The summed E-state index contributed by atoms with van der Waals surface area (Å²) in [5, 5.41) is 10.5. The van der Waals surface area contributed by atoms with E-state index in [1.54, 1.807) is 23.2 Å². The molecule has 3 heterocycles. The Bertz CT molecular complexity index is 780. The summed E-state index contributed by atoms with van der Waals surface area (Å²) >= 11 is 0. The zero-order chi connectivity index (χ0) is 17.8. The molecular weight excluding hydrogens is 320 g/mol. The summed E-state index contributed by atoms with van der Waals surface area (Å²) in [6.45, 7) is 4.26. The summed E-state index contributed by atoms with van der Waals surface area (Å²) in [6.07, 6.45) is 4.96. The predicted molar refractivity (Wildman–Crippen MR) is 89.3 cm³/mol. The van der Waals surface area contributed by atoms with Crippen LogP contribution in [0, 0.1) is 6.92 Å². The third-order valence-corrected chi connectivity index (χ3v) is 4.17. The Morgan fingerprint density at radius 1 is 1.40 bits per heavy atom. The van der Waals surface area contributed by atoms with Crippen LogP contribution in [-0.4, -0.2) is 43.4 Å². The number of nitrogens with zero attached hydrogens (tertiary/aromatic N) is 5. The maximum Gasteiger partial charge on any atom is 0.274 e. The minimum absolute atomic E-state index is 0.120. The van der Waals surface area contributed by atoms with Crippen molar-refractivity contribution in [3.05, 3.63) is 47.3 Å². The molecular formula is C17H20N6O2. The van der Waals surface area contributed by atoms with Crippen LogP contribution < -0.4 is 5.32 Å². The van der Waals surface area contributed by atoms with Crippen LogP contribution in [0.5, 0.6) is 0 Å². The molecule has 0 saturated carbocycles. The molecule has 8 nitrogen and oxygen atoms in total. The van der Waals surface area contributed by atoms with Crippen LogP contribution >= 0.6 is 0 Å². The van der Waals surface area contributed by atoms with E-state index in [-0.39, 0.29) is 17.9 Å². The van der Waals surface area contributed by atoms with E-state index in [1.807, 2.05) is 6.92 Å². The number of carbonyl (C=O) groups excluding carboxylic acids is 2. The van der Waals surface area contributed by atoms with E-state index in [4.69, 9.17) is 0 Å². The molecule has 0 aliphatic carbocycles. The molecule has 130 valence electrons. The molecule has 1 aliphatic heterocycles. The highest BCUT2D eigenvalue weighted by Gasteiger charge is 2.33. The lowest BCUT2D eigenvalue weighted by molar-refractivity contribution is -0.119. The monoisotopic (exact) mass is 340 g/mol. The summed E-state index contributed by atoms with van der Waals surface area (Å²) in [5.74, 6) is 0.364. The zero-order valence-corrected chi connectivity index (χ0v) is 14.3. The number of hydrogen-bond acceptors (Lipinski definition) is 6. The van der Waals surface area contributed by atoms with Crippen molar-refractivity contribution >= 4 is 11.8 Å². The van der Waals surface area contributed by atoms with Gasteiger partial charge in [0.1, 0.15) is 5.82 Å². The van der Waals surface area contributed by atoms with Crippen molar-refractivity contribution in [3.63, 3.8) is 0 Å². The van der Waals surface area contributed by atoms with Crippen LogP contribution in [0.15, 0.2) is 24.5 Å². The number of aryl methyl sites for hydroxylation is 1. The molecule has 0 bridgehead atoms. The average Bonchev–Trinajstić information content (AvgIpc) is 3.10. The molecule has 25 heavy (non-hydrogen) atoms. The van der Waals surface area contributed by atoms with Gasteiger partial charge in [0, 0.05) is 38.0 Å². The maximum atomic E-state index is 12.8. The van der Waals surface area contributed by atoms with E-state index in [0.29, 0.717) is 24.6 Å². The predicted octanol–water partition coefficient (Wildman–Crippen LogP) is 1.19. The summed E-state index contributed by atoms with van der Waals surface area (Å²) in [6, 6.07) is 3.20. The van der Waals surface area contributed by atoms with E-state index in [1.165, 1.54) is 13.1 Å². The van der Waals surface area contributed by atoms with Crippen molar-refractivity contribution in [3.8, 4) is 0 Å². The lowest BCUT2D eigenvalue weighted by Gasteiger charge is -2.25. The summed E-state index contributed by atoms with van der Waals surface area (Å²) < 4.78 is 0. The standard InChI is InChI=1S/C17H20N6O2/c1-11-18-9-13(10-19-12(2)24)16(21-11)15-6-4-8-23(15)17(25)14-5-3-7-20-22-14/h3,5,7,9,15H,4,6,8,10H2,1-2H3,(H,19,24)/t15-/m0/s1. The smallest absolute Gasteiger partial charge is 0.274 e. The highest BCUT2D eigenvalue weighted by atomic mass is 16.2. The Kier molecular flexibility index (Phi) is 4.97. The van der Waals surface area contributed by atoms with Crippen LogP contribution in [0.4, 0.5) is 0 Å².